The van der Waals surface area contributed by atoms with E-state index < -0.39 is 5.97 Å². The van der Waals surface area contributed by atoms with Gasteiger partial charge in [0.1, 0.15) is 4.88 Å². The van der Waals surface area contributed by atoms with Crippen LogP contribution in [-0.2, 0) is 0 Å². The van der Waals surface area contributed by atoms with Crippen molar-refractivity contribution in [1.29, 1.82) is 0 Å². The lowest BCUT2D eigenvalue weighted by molar-refractivity contribution is 0.0703. The third kappa shape index (κ3) is 2.69. The molecule has 2 amide bonds. The molecule has 5 nitrogen and oxygen atoms in total. The molecule has 1 heterocycles. The van der Waals surface area contributed by atoms with Crippen molar-refractivity contribution < 1.29 is 14.7 Å². The zero-order valence-electron chi connectivity index (χ0n) is 8.46. The monoisotopic (exact) mass is 228 g/mol. The lowest BCUT2D eigenvalue weighted by Crippen LogP contribution is -2.28. The van der Waals surface area contributed by atoms with Crippen LogP contribution in [0.1, 0.15) is 22.2 Å². The predicted molar refractivity (Wildman–Crippen MR) is 58.7 cm³/mol. The molecular weight excluding hydrogens is 216 g/mol. The molecule has 1 aromatic rings. The Morgan fingerprint density at radius 2 is 2.20 bits per heavy atom. The number of carbonyl (C=O) groups excluding carboxylic acids is 1. The molecule has 0 aliphatic heterocycles. The van der Waals surface area contributed by atoms with Crippen LogP contribution in [0, 0.1) is 6.92 Å². The van der Waals surface area contributed by atoms with E-state index in [9.17, 15) is 9.59 Å². The van der Waals surface area contributed by atoms with E-state index >= 15 is 0 Å². The number of hydrogen-bond donors (Lipinski definition) is 3. The number of thiophene rings is 1. The highest BCUT2D eigenvalue weighted by Crippen LogP contribution is 2.27. The van der Waals surface area contributed by atoms with E-state index in [0.717, 1.165) is 16.9 Å². The van der Waals surface area contributed by atoms with Gasteiger partial charge in [-0.15, -0.1) is 11.3 Å². The number of hydrogen-bond acceptors (Lipinski definition) is 3. The summed E-state index contributed by atoms with van der Waals surface area (Å²) in [5, 5.41) is 15.6. The average molecular weight is 228 g/mol. The molecule has 0 bridgehead atoms. The first-order valence-corrected chi connectivity index (χ1v) is 5.30. The van der Waals surface area contributed by atoms with Crippen LogP contribution in [0.3, 0.4) is 0 Å². The highest BCUT2D eigenvalue weighted by atomic mass is 32.1. The Hall–Kier alpha value is -1.56. The number of anilines is 1. The largest absolute Gasteiger partial charge is 0.477 e. The first-order valence-electron chi connectivity index (χ1n) is 4.42. The number of carboxylic acids is 1. The molecule has 0 aliphatic rings. The first kappa shape index (κ1) is 11.5. The van der Waals surface area contributed by atoms with Crippen LogP contribution in [-0.4, -0.2) is 23.7 Å². The lowest BCUT2D eigenvalue weighted by atomic mass is 10.3. The maximum Gasteiger partial charge on any atom is 0.348 e. The molecule has 1 aromatic heterocycles. The van der Waals surface area contributed by atoms with Crippen molar-refractivity contribution >= 4 is 29.0 Å². The van der Waals surface area contributed by atoms with Gasteiger partial charge in [-0.1, -0.05) is 0 Å². The Balaban J connectivity index is 2.88. The molecular formula is C9H12N2O3S. The van der Waals surface area contributed by atoms with E-state index in [1.807, 2.05) is 0 Å². The second-order valence-electron chi connectivity index (χ2n) is 2.91. The molecule has 0 radical (unpaired) electrons. The lowest BCUT2D eigenvalue weighted by Gasteiger charge is -2.06. The molecule has 0 saturated heterocycles. The van der Waals surface area contributed by atoms with Crippen LogP contribution >= 0.6 is 11.3 Å². The number of carboxylic acid groups (broad SMARTS) is 1. The number of nitrogens with one attached hydrogen (secondary N) is 2. The number of rotatable bonds is 3. The summed E-state index contributed by atoms with van der Waals surface area (Å²) in [5.74, 6) is -1.03. The molecule has 6 heteroatoms. The van der Waals surface area contributed by atoms with Gasteiger partial charge in [-0.25, -0.2) is 9.59 Å². The van der Waals surface area contributed by atoms with Gasteiger partial charge in [-0.2, -0.15) is 0 Å². The quantitative estimate of drug-likeness (QED) is 0.739. The Bertz CT molecular complexity index is 387. The minimum atomic E-state index is -1.03. The molecule has 0 unspecified atom stereocenters. The van der Waals surface area contributed by atoms with E-state index in [2.05, 4.69) is 10.6 Å². The molecule has 82 valence electrons. The van der Waals surface area contributed by atoms with Gasteiger partial charge < -0.3 is 15.7 Å². The summed E-state index contributed by atoms with van der Waals surface area (Å²) in [6.45, 7) is 4.04. The minimum Gasteiger partial charge on any atom is -0.477 e. The zero-order chi connectivity index (χ0) is 11.4. The van der Waals surface area contributed by atoms with Gasteiger partial charge in [0.15, 0.2) is 0 Å². The summed E-state index contributed by atoms with van der Waals surface area (Å²) in [7, 11) is 0. The standard InChI is InChI=1S/C9H12N2O3S/c1-3-10-9(14)11-6-5(2)4-15-7(6)8(12)13/h4H,3H2,1-2H3,(H,12,13)(H2,10,11,14). The summed E-state index contributed by atoms with van der Waals surface area (Å²) < 4.78 is 0. The van der Waals surface area contributed by atoms with Gasteiger partial charge in [-0.3, -0.25) is 0 Å². The highest BCUT2D eigenvalue weighted by molar-refractivity contribution is 7.12. The molecule has 15 heavy (non-hydrogen) atoms. The fourth-order valence-electron chi connectivity index (χ4n) is 1.08. The van der Waals surface area contributed by atoms with Gasteiger partial charge in [0, 0.05) is 6.54 Å². The Labute approximate surface area is 91.1 Å². The van der Waals surface area contributed by atoms with Crippen LogP contribution in [0.5, 0.6) is 0 Å². The van der Waals surface area contributed by atoms with E-state index in [1.54, 1.807) is 19.2 Å². The van der Waals surface area contributed by atoms with Crippen LogP contribution in [0.25, 0.3) is 0 Å². The number of amides is 2. The summed E-state index contributed by atoms with van der Waals surface area (Å²) >= 11 is 1.10. The number of urea groups is 1. The van der Waals surface area contributed by atoms with Crippen molar-refractivity contribution in [2.45, 2.75) is 13.8 Å². The Kier molecular flexibility index (Phi) is 3.68. The van der Waals surface area contributed by atoms with E-state index in [1.165, 1.54) is 0 Å². The van der Waals surface area contributed by atoms with Gasteiger partial charge in [0.25, 0.3) is 0 Å². The fraction of sp³-hybridized carbons (Fsp3) is 0.333. The molecule has 1 rings (SSSR count). The van der Waals surface area contributed by atoms with Gasteiger partial charge in [-0.05, 0) is 24.8 Å². The van der Waals surface area contributed by atoms with Gasteiger partial charge in [0.05, 0.1) is 5.69 Å². The third-order valence-electron chi connectivity index (χ3n) is 1.75. The van der Waals surface area contributed by atoms with Crippen LogP contribution in [0.2, 0.25) is 0 Å². The molecule has 0 fully saturated rings. The minimum absolute atomic E-state index is 0.152. The highest BCUT2D eigenvalue weighted by Gasteiger charge is 2.16. The van der Waals surface area contributed by atoms with Crippen LogP contribution < -0.4 is 10.6 Å². The molecule has 0 atom stereocenters. The molecule has 3 N–H and O–H groups in total. The molecule has 0 aromatic carbocycles. The second-order valence-corrected chi connectivity index (χ2v) is 3.79. The first-order chi connectivity index (χ1) is 7.06. The summed E-state index contributed by atoms with van der Waals surface area (Å²) in [4.78, 5) is 22.2. The summed E-state index contributed by atoms with van der Waals surface area (Å²) in [6, 6.07) is -0.387. The third-order valence-corrected chi connectivity index (χ3v) is 2.83. The normalized spacial score (nSPS) is 9.73. The summed E-state index contributed by atoms with van der Waals surface area (Å²) in [6.07, 6.45) is 0. The topological polar surface area (TPSA) is 78.4 Å². The fourth-order valence-corrected chi connectivity index (χ4v) is 1.92. The van der Waals surface area contributed by atoms with Crippen molar-refractivity contribution in [3.8, 4) is 0 Å². The smallest absolute Gasteiger partial charge is 0.348 e. The van der Waals surface area contributed by atoms with Crippen molar-refractivity contribution in [1.82, 2.24) is 5.32 Å². The molecule has 0 saturated carbocycles. The van der Waals surface area contributed by atoms with Crippen molar-refractivity contribution in [3.63, 3.8) is 0 Å². The molecule has 0 aliphatic carbocycles. The van der Waals surface area contributed by atoms with Crippen molar-refractivity contribution in [2.75, 3.05) is 11.9 Å². The predicted octanol–water partition coefficient (Wildman–Crippen LogP) is 1.90. The second kappa shape index (κ2) is 4.79. The Morgan fingerprint density at radius 1 is 1.53 bits per heavy atom. The maximum atomic E-state index is 11.2. The van der Waals surface area contributed by atoms with Crippen LogP contribution in [0.4, 0.5) is 10.5 Å². The SMILES string of the molecule is CCNC(=O)Nc1c(C)csc1C(=O)O. The van der Waals surface area contributed by atoms with Gasteiger partial charge in [0.2, 0.25) is 0 Å². The number of aromatic carboxylic acids is 1. The zero-order valence-corrected chi connectivity index (χ0v) is 9.27. The van der Waals surface area contributed by atoms with Crippen molar-refractivity contribution in [2.24, 2.45) is 0 Å². The maximum absolute atomic E-state index is 11.2. The van der Waals surface area contributed by atoms with Crippen LogP contribution in [0.15, 0.2) is 5.38 Å². The molecule has 0 spiro atoms. The Morgan fingerprint density at radius 3 is 2.73 bits per heavy atom. The van der Waals surface area contributed by atoms with E-state index in [4.69, 9.17) is 5.11 Å². The van der Waals surface area contributed by atoms with Gasteiger partial charge >= 0.3 is 12.0 Å². The van der Waals surface area contributed by atoms with Crippen molar-refractivity contribution in [3.05, 3.63) is 15.8 Å². The number of carbonyl (C=O) groups is 2. The number of aryl methyl sites for hydroxylation is 1. The van der Waals surface area contributed by atoms with E-state index in [0.29, 0.717) is 12.2 Å². The summed E-state index contributed by atoms with van der Waals surface area (Å²) in [5.41, 5.74) is 1.13. The van der Waals surface area contributed by atoms with E-state index in [-0.39, 0.29) is 10.9 Å². The average Bonchev–Trinajstić information content (AvgIpc) is 2.48.